The molecule has 0 unspecified atom stereocenters. The van der Waals surface area contributed by atoms with Gasteiger partial charge in [-0.2, -0.15) is 0 Å². The number of carbonyl (C=O) groups is 1. The highest BCUT2D eigenvalue weighted by Crippen LogP contribution is 2.05. The minimum atomic E-state index is -0.619. The van der Waals surface area contributed by atoms with Gasteiger partial charge in [-0.15, -0.1) is 0 Å². The van der Waals surface area contributed by atoms with Crippen molar-refractivity contribution in [1.82, 2.24) is 0 Å². The molecule has 5 nitrogen and oxygen atoms in total. The van der Waals surface area contributed by atoms with Crippen LogP contribution in [0.2, 0.25) is 0 Å². The van der Waals surface area contributed by atoms with E-state index in [9.17, 15) is 4.79 Å². The van der Waals surface area contributed by atoms with Crippen LogP contribution < -0.4 is 0 Å². The summed E-state index contributed by atoms with van der Waals surface area (Å²) in [5.41, 5.74) is 0. The van der Waals surface area contributed by atoms with E-state index in [2.05, 4.69) is 11.3 Å². The minimum absolute atomic E-state index is 0.175. The van der Waals surface area contributed by atoms with Crippen molar-refractivity contribution in [1.29, 1.82) is 0 Å². The van der Waals surface area contributed by atoms with E-state index in [-0.39, 0.29) is 13.2 Å². The Morgan fingerprint density at radius 3 is 2.79 bits per heavy atom. The molecule has 0 saturated carbocycles. The molecule has 0 N–H and O–H groups in total. The van der Waals surface area contributed by atoms with Gasteiger partial charge in [-0.3, -0.25) is 0 Å². The third kappa shape index (κ3) is 4.36. The predicted octanol–water partition coefficient (Wildman–Crippen LogP) is 0.453. The van der Waals surface area contributed by atoms with Gasteiger partial charge in [0.25, 0.3) is 6.48 Å². The van der Waals surface area contributed by atoms with E-state index in [1.165, 1.54) is 0 Å². The first-order valence-electron chi connectivity index (χ1n) is 4.47. The molecule has 0 aromatic carbocycles. The normalized spacial score (nSPS) is 17.7. The molecule has 0 aliphatic carbocycles. The molecule has 0 amide bonds. The van der Waals surface area contributed by atoms with E-state index in [0.717, 1.165) is 12.5 Å². The largest absolute Gasteiger partial charge is 0.460 e. The Morgan fingerprint density at radius 2 is 2.14 bits per heavy atom. The molecule has 1 fully saturated rings. The summed E-state index contributed by atoms with van der Waals surface area (Å²) in [6, 6.07) is 0. The van der Waals surface area contributed by atoms with Gasteiger partial charge in [-0.25, -0.2) is 4.79 Å². The molecular weight excluding hydrogens is 188 g/mol. The lowest BCUT2D eigenvalue weighted by molar-refractivity contribution is -0.311. The van der Waals surface area contributed by atoms with Gasteiger partial charge in [0.2, 0.25) is 0 Å². The maximum atomic E-state index is 10.6. The Balaban J connectivity index is 1.97. The molecule has 1 aliphatic heterocycles. The number of hydrogen-bond acceptors (Lipinski definition) is 5. The van der Waals surface area contributed by atoms with Gasteiger partial charge in [-0.1, -0.05) is 6.58 Å². The molecule has 1 rings (SSSR count). The Morgan fingerprint density at radius 1 is 1.43 bits per heavy atom. The minimum Gasteiger partial charge on any atom is -0.460 e. The Bertz CT molecular complexity index is 186. The molecule has 0 bridgehead atoms. The second kappa shape index (κ2) is 6.53. The first kappa shape index (κ1) is 11.2. The van der Waals surface area contributed by atoms with E-state index in [0.29, 0.717) is 13.2 Å². The van der Waals surface area contributed by atoms with Gasteiger partial charge >= 0.3 is 5.97 Å². The van der Waals surface area contributed by atoms with Crippen molar-refractivity contribution in [2.75, 3.05) is 26.4 Å². The van der Waals surface area contributed by atoms with Crippen LogP contribution >= 0.6 is 0 Å². The highest BCUT2D eigenvalue weighted by atomic mass is 16.8. The van der Waals surface area contributed by atoms with E-state index >= 15 is 0 Å². The lowest BCUT2D eigenvalue weighted by Crippen LogP contribution is -2.28. The van der Waals surface area contributed by atoms with Gasteiger partial charge in [-0.05, 0) is 6.42 Å². The maximum absolute atomic E-state index is 10.6. The average molecular weight is 202 g/mol. The van der Waals surface area contributed by atoms with Crippen LogP contribution in [0.5, 0.6) is 0 Å². The Kier molecular flexibility index (Phi) is 5.21. The van der Waals surface area contributed by atoms with E-state index in [1.54, 1.807) is 0 Å². The zero-order chi connectivity index (χ0) is 10.2. The van der Waals surface area contributed by atoms with Crippen molar-refractivity contribution in [2.24, 2.45) is 0 Å². The third-order valence-corrected chi connectivity index (χ3v) is 1.54. The Labute approximate surface area is 82.6 Å². The predicted molar refractivity (Wildman–Crippen MR) is 47.4 cm³/mol. The molecule has 14 heavy (non-hydrogen) atoms. The second-order valence-electron chi connectivity index (χ2n) is 2.63. The van der Waals surface area contributed by atoms with Crippen molar-refractivity contribution in [3.05, 3.63) is 12.7 Å². The topological polar surface area (TPSA) is 54.0 Å². The number of hydrogen-bond donors (Lipinski definition) is 0. The van der Waals surface area contributed by atoms with Crippen LogP contribution in [0, 0.1) is 0 Å². The standard InChI is InChI=1S/C9H14O5/c1-2-8(10)11-6-7-14-9-12-4-3-5-13-9/h2,9H,1,3-7H2. The summed E-state index contributed by atoms with van der Waals surface area (Å²) >= 11 is 0. The lowest BCUT2D eigenvalue weighted by Gasteiger charge is -2.22. The fourth-order valence-electron chi connectivity index (χ4n) is 0.908. The van der Waals surface area contributed by atoms with Crippen LogP contribution in [0.4, 0.5) is 0 Å². The summed E-state index contributed by atoms with van der Waals surface area (Å²) in [4.78, 5) is 10.6. The van der Waals surface area contributed by atoms with E-state index in [1.807, 2.05) is 0 Å². The van der Waals surface area contributed by atoms with Crippen molar-refractivity contribution in [2.45, 2.75) is 12.9 Å². The Hall–Kier alpha value is -0.910. The fourth-order valence-corrected chi connectivity index (χ4v) is 0.908. The van der Waals surface area contributed by atoms with Crippen molar-refractivity contribution in [3.63, 3.8) is 0 Å². The molecule has 80 valence electrons. The summed E-state index contributed by atoms with van der Waals surface area (Å²) in [5.74, 6) is -0.459. The van der Waals surface area contributed by atoms with Crippen LogP contribution in [-0.4, -0.2) is 38.9 Å². The zero-order valence-electron chi connectivity index (χ0n) is 7.94. The third-order valence-electron chi connectivity index (χ3n) is 1.54. The summed E-state index contributed by atoms with van der Waals surface area (Å²) < 4.78 is 20.0. The van der Waals surface area contributed by atoms with Crippen LogP contribution in [0.15, 0.2) is 12.7 Å². The summed E-state index contributed by atoms with van der Waals surface area (Å²) in [6.07, 6.45) is 1.99. The van der Waals surface area contributed by atoms with Gasteiger partial charge in [0.05, 0.1) is 19.8 Å². The van der Waals surface area contributed by atoms with Crippen LogP contribution in [0.1, 0.15) is 6.42 Å². The monoisotopic (exact) mass is 202 g/mol. The maximum Gasteiger partial charge on any atom is 0.330 e. The van der Waals surface area contributed by atoms with Gasteiger partial charge < -0.3 is 18.9 Å². The van der Waals surface area contributed by atoms with Crippen molar-refractivity contribution in [3.8, 4) is 0 Å². The first-order valence-corrected chi connectivity index (χ1v) is 4.47. The highest BCUT2D eigenvalue weighted by Gasteiger charge is 2.13. The molecule has 1 heterocycles. The van der Waals surface area contributed by atoms with Gasteiger partial charge in [0, 0.05) is 6.08 Å². The molecule has 0 spiro atoms. The molecule has 0 aromatic heterocycles. The quantitative estimate of drug-likeness (QED) is 0.368. The van der Waals surface area contributed by atoms with Crippen LogP contribution in [0.3, 0.4) is 0 Å². The van der Waals surface area contributed by atoms with E-state index in [4.69, 9.17) is 14.2 Å². The number of ether oxygens (including phenoxy) is 4. The van der Waals surface area contributed by atoms with Gasteiger partial charge in [0.1, 0.15) is 6.61 Å². The van der Waals surface area contributed by atoms with Crippen molar-refractivity contribution < 1.29 is 23.7 Å². The molecule has 1 aliphatic rings. The lowest BCUT2D eigenvalue weighted by atomic mass is 10.5. The smallest absolute Gasteiger partial charge is 0.330 e. The number of esters is 1. The molecule has 0 radical (unpaired) electrons. The first-order chi connectivity index (χ1) is 6.83. The van der Waals surface area contributed by atoms with E-state index < -0.39 is 12.4 Å². The summed E-state index contributed by atoms with van der Waals surface area (Å²) in [7, 11) is 0. The summed E-state index contributed by atoms with van der Waals surface area (Å²) in [5, 5.41) is 0. The molecule has 5 heteroatoms. The molecule has 0 atom stereocenters. The molecular formula is C9H14O5. The molecule has 0 aromatic rings. The summed E-state index contributed by atoms with van der Waals surface area (Å²) in [6.45, 7) is 4.35. The van der Waals surface area contributed by atoms with Crippen LogP contribution in [0.25, 0.3) is 0 Å². The fraction of sp³-hybridized carbons (Fsp3) is 0.667. The van der Waals surface area contributed by atoms with Crippen molar-refractivity contribution >= 4 is 5.97 Å². The number of rotatable bonds is 5. The highest BCUT2D eigenvalue weighted by molar-refractivity contribution is 5.81. The van der Waals surface area contributed by atoms with Gasteiger partial charge in [0.15, 0.2) is 0 Å². The zero-order valence-corrected chi connectivity index (χ0v) is 7.94. The average Bonchev–Trinajstić information content (AvgIpc) is 2.25. The van der Waals surface area contributed by atoms with Crippen LogP contribution in [-0.2, 0) is 23.7 Å². The second-order valence-corrected chi connectivity index (χ2v) is 2.63. The molecule has 1 saturated heterocycles. The SMILES string of the molecule is C=CC(=O)OCCOC1OCCCO1. The number of carbonyl (C=O) groups excluding carboxylic acids is 1.